The Morgan fingerprint density at radius 3 is 2.12 bits per heavy atom. The third-order valence-corrected chi connectivity index (χ3v) is 5.13. The minimum Gasteiger partial charge on any atom is -0.384 e. The number of anilines is 1. The fourth-order valence-electron chi connectivity index (χ4n) is 5.03. The molecule has 4 aliphatic carbocycles. The van der Waals surface area contributed by atoms with Crippen LogP contribution in [0.15, 0.2) is 12.3 Å². The van der Waals surface area contributed by atoms with Crippen LogP contribution in [0.25, 0.3) is 0 Å². The summed E-state index contributed by atoms with van der Waals surface area (Å²) in [5.41, 5.74) is 6.36. The van der Waals surface area contributed by atoms with Gasteiger partial charge in [0.1, 0.15) is 5.82 Å². The van der Waals surface area contributed by atoms with Gasteiger partial charge in [-0.1, -0.05) is 0 Å². The molecule has 0 unspecified atom stereocenters. The maximum atomic E-state index is 6.06. The van der Waals surface area contributed by atoms with Crippen molar-refractivity contribution in [3.8, 4) is 0 Å². The van der Waals surface area contributed by atoms with Gasteiger partial charge in [0.05, 0.1) is 11.7 Å². The lowest BCUT2D eigenvalue weighted by molar-refractivity contribution is -0.0481. The second kappa shape index (κ2) is 2.82. The molecule has 4 fully saturated rings. The van der Waals surface area contributed by atoms with Crippen molar-refractivity contribution < 1.29 is 0 Å². The van der Waals surface area contributed by atoms with Crippen LogP contribution in [0, 0.1) is 17.8 Å². The normalized spacial score (nSPS) is 45.1. The number of aromatic nitrogens is 2. The molecule has 1 aromatic heterocycles. The molecule has 2 N–H and O–H groups in total. The zero-order chi connectivity index (χ0) is 10.8. The van der Waals surface area contributed by atoms with Gasteiger partial charge in [0.15, 0.2) is 0 Å². The Hall–Kier alpha value is -0.990. The molecule has 0 saturated heterocycles. The van der Waals surface area contributed by atoms with Crippen molar-refractivity contribution in [2.45, 2.75) is 44.1 Å². The summed E-state index contributed by atoms with van der Waals surface area (Å²) < 4.78 is 2.15. The zero-order valence-electron chi connectivity index (χ0n) is 9.60. The predicted octanol–water partition coefficient (Wildman–Crippen LogP) is 2.39. The van der Waals surface area contributed by atoms with Crippen molar-refractivity contribution >= 4 is 5.82 Å². The highest BCUT2D eigenvalue weighted by molar-refractivity contribution is 5.29. The molecule has 0 amide bonds. The summed E-state index contributed by atoms with van der Waals surface area (Å²) in [5.74, 6) is 3.72. The van der Waals surface area contributed by atoms with E-state index in [2.05, 4.69) is 9.78 Å². The lowest BCUT2D eigenvalue weighted by Crippen LogP contribution is -2.52. The fourth-order valence-corrected chi connectivity index (χ4v) is 5.03. The van der Waals surface area contributed by atoms with Crippen LogP contribution in [0.1, 0.15) is 38.5 Å². The van der Waals surface area contributed by atoms with E-state index in [1.165, 1.54) is 38.5 Å². The Kier molecular flexibility index (Phi) is 1.60. The molecule has 0 spiro atoms. The molecule has 0 radical (unpaired) electrons. The van der Waals surface area contributed by atoms with Crippen LogP contribution >= 0.6 is 0 Å². The van der Waals surface area contributed by atoms with Crippen molar-refractivity contribution in [1.29, 1.82) is 0 Å². The number of rotatable bonds is 1. The highest BCUT2D eigenvalue weighted by Crippen LogP contribution is 2.58. The van der Waals surface area contributed by atoms with Gasteiger partial charge >= 0.3 is 0 Å². The Morgan fingerprint density at radius 2 is 1.69 bits per heavy atom. The van der Waals surface area contributed by atoms with Crippen molar-refractivity contribution in [2.24, 2.45) is 17.8 Å². The van der Waals surface area contributed by atoms with Gasteiger partial charge in [0.2, 0.25) is 0 Å². The average Bonchev–Trinajstić information content (AvgIpc) is 2.62. The van der Waals surface area contributed by atoms with E-state index in [1.807, 2.05) is 12.3 Å². The van der Waals surface area contributed by atoms with E-state index < -0.39 is 0 Å². The molecule has 1 aromatic rings. The Bertz CT molecular complexity index is 385. The summed E-state index contributed by atoms with van der Waals surface area (Å²) in [6, 6.07) is 1.94. The molecule has 0 aromatic carbocycles. The first kappa shape index (κ1) is 9.08. The molecule has 86 valence electrons. The van der Waals surface area contributed by atoms with Gasteiger partial charge in [-0.3, -0.25) is 0 Å². The lowest BCUT2D eigenvalue weighted by atomic mass is 9.53. The number of nitrogen functional groups attached to an aromatic ring is 1. The van der Waals surface area contributed by atoms with Crippen molar-refractivity contribution in [3.63, 3.8) is 0 Å². The number of nitrogens with zero attached hydrogens (tertiary/aromatic N) is 2. The number of nitrogens with two attached hydrogens (primary N) is 1. The van der Waals surface area contributed by atoms with Crippen molar-refractivity contribution in [2.75, 3.05) is 5.73 Å². The van der Waals surface area contributed by atoms with Gasteiger partial charge in [0.25, 0.3) is 0 Å². The van der Waals surface area contributed by atoms with Crippen LogP contribution in [0.4, 0.5) is 5.82 Å². The fraction of sp³-hybridized carbons (Fsp3) is 0.769. The Labute approximate surface area is 96.0 Å². The summed E-state index contributed by atoms with van der Waals surface area (Å²) >= 11 is 0. The third-order valence-electron chi connectivity index (χ3n) is 5.13. The molecule has 4 saturated carbocycles. The summed E-state index contributed by atoms with van der Waals surface area (Å²) in [6.45, 7) is 0. The van der Waals surface area contributed by atoms with E-state index >= 15 is 0 Å². The first-order valence-corrected chi connectivity index (χ1v) is 6.55. The maximum Gasteiger partial charge on any atom is 0.122 e. The molecule has 4 aliphatic rings. The predicted molar refractivity (Wildman–Crippen MR) is 62.8 cm³/mol. The van der Waals surface area contributed by atoms with Crippen molar-refractivity contribution in [1.82, 2.24) is 9.78 Å². The van der Waals surface area contributed by atoms with E-state index in [0.717, 1.165) is 23.6 Å². The zero-order valence-corrected chi connectivity index (χ0v) is 9.60. The molecule has 4 bridgehead atoms. The lowest BCUT2D eigenvalue weighted by Gasteiger charge is -2.56. The molecule has 0 atom stereocenters. The van der Waals surface area contributed by atoms with Gasteiger partial charge in [-0.15, -0.1) is 0 Å². The highest BCUT2D eigenvalue weighted by Gasteiger charge is 2.52. The smallest absolute Gasteiger partial charge is 0.122 e. The standard InChI is InChI=1S/C13H19N3/c14-12-1-2-15-16(12)13-6-9-3-10(7-13)5-11(4-9)8-13/h1-2,9-11H,3-8,14H2. The van der Waals surface area contributed by atoms with Gasteiger partial charge in [-0.2, -0.15) is 5.10 Å². The summed E-state index contributed by atoms with van der Waals surface area (Å²) in [7, 11) is 0. The van der Waals surface area contributed by atoms with E-state index in [4.69, 9.17) is 5.73 Å². The second-order valence-corrected chi connectivity index (χ2v) is 6.31. The van der Waals surface area contributed by atoms with Gasteiger partial charge < -0.3 is 5.73 Å². The first-order chi connectivity index (χ1) is 7.75. The quantitative estimate of drug-likeness (QED) is 0.785. The largest absolute Gasteiger partial charge is 0.384 e. The summed E-state index contributed by atoms with van der Waals surface area (Å²) in [4.78, 5) is 0. The Balaban J connectivity index is 1.79. The van der Waals surface area contributed by atoms with Crippen LogP contribution in [-0.4, -0.2) is 9.78 Å². The average molecular weight is 217 g/mol. The number of hydrogen-bond acceptors (Lipinski definition) is 2. The maximum absolute atomic E-state index is 6.06. The molecule has 1 heterocycles. The topological polar surface area (TPSA) is 43.8 Å². The van der Waals surface area contributed by atoms with Crippen LogP contribution < -0.4 is 5.73 Å². The minimum absolute atomic E-state index is 0.294. The van der Waals surface area contributed by atoms with Crippen molar-refractivity contribution in [3.05, 3.63) is 12.3 Å². The van der Waals surface area contributed by atoms with Crippen LogP contribution in [0.3, 0.4) is 0 Å². The molecule has 16 heavy (non-hydrogen) atoms. The first-order valence-electron chi connectivity index (χ1n) is 6.55. The summed E-state index contributed by atoms with van der Waals surface area (Å²) in [5, 5.41) is 4.50. The monoisotopic (exact) mass is 217 g/mol. The van der Waals surface area contributed by atoms with Crippen LogP contribution in [-0.2, 0) is 5.54 Å². The van der Waals surface area contributed by atoms with E-state index in [9.17, 15) is 0 Å². The van der Waals surface area contributed by atoms with E-state index in [0.29, 0.717) is 5.54 Å². The molecule has 3 heteroatoms. The third kappa shape index (κ3) is 1.06. The molecule has 3 nitrogen and oxygen atoms in total. The minimum atomic E-state index is 0.294. The second-order valence-electron chi connectivity index (χ2n) is 6.31. The van der Waals surface area contributed by atoms with Gasteiger partial charge in [-0.05, 0) is 62.3 Å². The Morgan fingerprint density at radius 1 is 1.12 bits per heavy atom. The van der Waals surface area contributed by atoms with E-state index in [1.54, 1.807) is 0 Å². The highest BCUT2D eigenvalue weighted by atomic mass is 15.3. The van der Waals surface area contributed by atoms with E-state index in [-0.39, 0.29) is 0 Å². The van der Waals surface area contributed by atoms with Crippen LogP contribution in [0.2, 0.25) is 0 Å². The van der Waals surface area contributed by atoms with Gasteiger partial charge in [-0.25, -0.2) is 4.68 Å². The molecular formula is C13H19N3. The molecule has 5 rings (SSSR count). The molecule has 0 aliphatic heterocycles. The summed E-state index contributed by atoms with van der Waals surface area (Å²) in [6.07, 6.45) is 10.2. The van der Waals surface area contributed by atoms with Gasteiger partial charge in [0, 0.05) is 0 Å². The SMILES string of the molecule is Nc1ccnn1C12CC3CC(CC(C3)C1)C2. The molecular weight excluding hydrogens is 198 g/mol. The number of hydrogen-bond donors (Lipinski definition) is 1. The van der Waals surface area contributed by atoms with Crippen LogP contribution in [0.5, 0.6) is 0 Å².